The zero-order chi connectivity index (χ0) is 15.0. The molecule has 0 radical (unpaired) electrons. The smallest absolute Gasteiger partial charge is 0.241 e. The molecule has 0 bridgehead atoms. The number of rotatable bonds is 8. The monoisotopic (exact) mass is 279 g/mol. The van der Waals surface area contributed by atoms with Crippen LogP contribution < -0.4 is 10.6 Å². The number of carbonyl (C=O) groups is 1. The molecule has 6 nitrogen and oxygen atoms in total. The summed E-state index contributed by atoms with van der Waals surface area (Å²) in [7, 11) is 1.82. The summed E-state index contributed by atoms with van der Waals surface area (Å²) >= 11 is 0. The van der Waals surface area contributed by atoms with Crippen LogP contribution in [-0.2, 0) is 11.2 Å². The minimum atomic E-state index is 0.0802. The van der Waals surface area contributed by atoms with Crippen molar-refractivity contribution in [2.45, 2.75) is 33.6 Å². The second-order valence-electron chi connectivity index (χ2n) is 4.47. The van der Waals surface area contributed by atoms with E-state index >= 15 is 0 Å². The van der Waals surface area contributed by atoms with Crippen LogP contribution >= 0.6 is 0 Å². The SMILES string of the molecule is CCCc1nc(NC)cc(NCC(=O)N(CC)CC)n1. The summed E-state index contributed by atoms with van der Waals surface area (Å²) in [5, 5.41) is 6.10. The first-order valence-corrected chi connectivity index (χ1v) is 7.21. The lowest BCUT2D eigenvalue weighted by Crippen LogP contribution is -2.35. The molecule has 6 heteroatoms. The van der Waals surface area contributed by atoms with Gasteiger partial charge in [0, 0.05) is 32.6 Å². The largest absolute Gasteiger partial charge is 0.373 e. The van der Waals surface area contributed by atoms with Gasteiger partial charge >= 0.3 is 0 Å². The van der Waals surface area contributed by atoms with E-state index in [0.717, 1.165) is 37.6 Å². The Bertz CT molecular complexity index is 432. The van der Waals surface area contributed by atoms with Crippen molar-refractivity contribution in [1.29, 1.82) is 0 Å². The molecule has 20 heavy (non-hydrogen) atoms. The molecule has 2 N–H and O–H groups in total. The number of aromatic nitrogens is 2. The topological polar surface area (TPSA) is 70.2 Å². The summed E-state index contributed by atoms with van der Waals surface area (Å²) in [5.41, 5.74) is 0. The van der Waals surface area contributed by atoms with Crippen LogP contribution in [0.2, 0.25) is 0 Å². The third kappa shape index (κ3) is 4.68. The van der Waals surface area contributed by atoms with Gasteiger partial charge in [-0.1, -0.05) is 6.92 Å². The second kappa shape index (κ2) is 8.35. The van der Waals surface area contributed by atoms with Crippen molar-refractivity contribution < 1.29 is 4.79 Å². The predicted octanol–water partition coefficient (Wildman–Crippen LogP) is 1.75. The van der Waals surface area contributed by atoms with Crippen molar-refractivity contribution in [2.24, 2.45) is 0 Å². The molecule has 0 saturated heterocycles. The number of likely N-dealkylation sites (N-methyl/N-ethyl adjacent to an activating group) is 1. The molecule has 1 amide bonds. The summed E-state index contributed by atoms with van der Waals surface area (Å²) in [5.74, 6) is 2.32. The van der Waals surface area contributed by atoms with E-state index in [9.17, 15) is 4.79 Å². The third-order valence-corrected chi connectivity index (χ3v) is 3.04. The molecule has 1 heterocycles. The summed E-state index contributed by atoms with van der Waals surface area (Å²) in [6.45, 7) is 7.75. The number of carbonyl (C=O) groups excluding carboxylic acids is 1. The molecule has 0 aliphatic heterocycles. The van der Waals surface area contributed by atoms with Gasteiger partial charge in [-0.25, -0.2) is 9.97 Å². The van der Waals surface area contributed by atoms with E-state index in [1.165, 1.54) is 0 Å². The predicted molar refractivity (Wildman–Crippen MR) is 82.0 cm³/mol. The molecule has 0 fully saturated rings. The van der Waals surface area contributed by atoms with Gasteiger partial charge in [-0.05, 0) is 20.3 Å². The molecule has 0 aromatic carbocycles. The van der Waals surface area contributed by atoms with Gasteiger partial charge in [0.2, 0.25) is 5.91 Å². The summed E-state index contributed by atoms with van der Waals surface area (Å²) in [4.78, 5) is 22.5. The Labute approximate surface area is 121 Å². The van der Waals surface area contributed by atoms with Gasteiger partial charge in [0.25, 0.3) is 0 Å². The first kappa shape index (κ1) is 16.2. The van der Waals surface area contributed by atoms with Crippen molar-refractivity contribution in [3.8, 4) is 0 Å². The Kier molecular flexibility index (Phi) is 6.76. The fourth-order valence-electron chi connectivity index (χ4n) is 1.91. The minimum Gasteiger partial charge on any atom is -0.373 e. The number of anilines is 2. The van der Waals surface area contributed by atoms with Crippen molar-refractivity contribution in [3.63, 3.8) is 0 Å². The standard InChI is InChI=1S/C14H25N5O/c1-5-8-11-17-12(15-4)9-13(18-11)16-10-14(20)19(6-2)7-3/h9H,5-8,10H2,1-4H3,(H2,15,16,17,18). The van der Waals surface area contributed by atoms with Gasteiger partial charge in [-0.3, -0.25) is 4.79 Å². The number of aryl methyl sites for hydroxylation is 1. The number of hydrogen-bond donors (Lipinski definition) is 2. The van der Waals surface area contributed by atoms with Gasteiger partial charge in [-0.15, -0.1) is 0 Å². The highest BCUT2D eigenvalue weighted by atomic mass is 16.2. The Balaban J connectivity index is 2.71. The molecule has 0 atom stereocenters. The van der Waals surface area contributed by atoms with Gasteiger partial charge in [0.1, 0.15) is 17.5 Å². The fraction of sp³-hybridized carbons (Fsp3) is 0.643. The number of amides is 1. The highest BCUT2D eigenvalue weighted by molar-refractivity contribution is 5.80. The first-order chi connectivity index (χ1) is 9.64. The Morgan fingerprint density at radius 3 is 2.40 bits per heavy atom. The van der Waals surface area contributed by atoms with Crippen molar-refractivity contribution in [1.82, 2.24) is 14.9 Å². The summed E-state index contributed by atoms with van der Waals surface area (Å²) in [6, 6.07) is 1.81. The van der Waals surface area contributed by atoms with Crippen LogP contribution in [0.1, 0.15) is 33.0 Å². The van der Waals surface area contributed by atoms with Crippen LogP contribution in [0.15, 0.2) is 6.07 Å². The van der Waals surface area contributed by atoms with E-state index in [1.54, 1.807) is 4.90 Å². The van der Waals surface area contributed by atoms with E-state index in [2.05, 4.69) is 27.5 Å². The van der Waals surface area contributed by atoms with Crippen LogP contribution in [0.4, 0.5) is 11.6 Å². The molecule has 0 saturated carbocycles. The zero-order valence-corrected chi connectivity index (χ0v) is 12.9. The molecule has 1 aromatic heterocycles. The highest BCUT2D eigenvalue weighted by Crippen LogP contribution is 2.11. The molecular formula is C14H25N5O. The average molecular weight is 279 g/mol. The molecule has 0 spiro atoms. The van der Waals surface area contributed by atoms with E-state index in [0.29, 0.717) is 5.82 Å². The normalized spacial score (nSPS) is 10.2. The van der Waals surface area contributed by atoms with E-state index in [-0.39, 0.29) is 12.5 Å². The molecule has 1 aromatic rings. The maximum atomic E-state index is 11.9. The quantitative estimate of drug-likeness (QED) is 0.758. The van der Waals surface area contributed by atoms with Crippen molar-refractivity contribution >= 4 is 17.5 Å². The minimum absolute atomic E-state index is 0.0802. The van der Waals surface area contributed by atoms with E-state index < -0.39 is 0 Å². The van der Waals surface area contributed by atoms with Crippen LogP contribution in [0, 0.1) is 0 Å². The summed E-state index contributed by atoms with van der Waals surface area (Å²) < 4.78 is 0. The molecule has 1 rings (SSSR count). The number of hydrogen-bond acceptors (Lipinski definition) is 5. The molecule has 0 unspecified atom stereocenters. The van der Waals surface area contributed by atoms with Crippen LogP contribution in [-0.4, -0.2) is 47.5 Å². The fourth-order valence-corrected chi connectivity index (χ4v) is 1.91. The Hall–Kier alpha value is -1.85. The van der Waals surface area contributed by atoms with Gasteiger partial charge in [0.05, 0.1) is 6.54 Å². The van der Waals surface area contributed by atoms with Gasteiger partial charge in [0.15, 0.2) is 0 Å². The van der Waals surface area contributed by atoms with Crippen LogP contribution in [0.5, 0.6) is 0 Å². The summed E-state index contributed by atoms with van der Waals surface area (Å²) in [6.07, 6.45) is 1.82. The lowest BCUT2D eigenvalue weighted by atomic mass is 10.3. The van der Waals surface area contributed by atoms with E-state index in [4.69, 9.17) is 0 Å². The molecule has 0 aliphatic rings. The van der Waals surface area contributed by atoms with Crippen LogP contribution in [0.25, 0.3) is 0 Å². The Morgan fingerprint density at radius 1 is 1.20 bits per heavy atom. The second-order valence-corrected chi connectivity index (χ2v) is 4.47. The van der Waals surface area contributed by atoms with E-state index in [1.807, 2.05) is 27.0 Å². The first-order valence-electron chi connectivity index (χ1n) is 7.21. The van der Waals surface area contributed by atoms with Gasteiger partial charge in [-0.2, -0.15) is 0 Å². The Morgan fingerprint density at radius 2 is 1.85 bits per heavy atom. The van der Waals surface area contributed by atoms with Crippen LogP contribution in [0.3, 0.4) is 0 Å². The maximum Gasteiger partial charge on any atom is 0.241 e. The number of nitrogens with one attached hydrogen (secondary N) is 2. The van der Waals surface area contributed by atoms with Gasteiger partial charge < -0.3 is 15.5 Å². The lowest BCUT2D eigenvalue weighted by Gasteiger charge is -2.19. The highest BCUT2D eigenvalue weighted by Gasteiger charge is 2.10. The molecular weight excluding hydrogens is 254 g/mol. The number of nitrogens with zero attached hydrogens (tertiary/aromatic N) is 3. The third-order valence-electron chi connectivity index (χ3n) is 3.04. The van der Waals surface area contributed by atoms with Crippen molar-refractivity contribution in [2.75, 3.05) is 37.3 Å². The average Bonchev–Trinajstić information content (AvgIpc) is 2.46. The van der Waals surface area contributed by atoms with Crippen molar-refractivity contribution in [3.05, 3.63) is 11.9 Å². The zero-order valence-electron chi connectivity index (χ0n) is 12.9. The lowest BCUT2D eigenvalue weighted by molar-refractivity contribution is -0.128. The molecule has 0 aliphatic carbocycles. The molecule has 112 valence electrons. The maximum absolute atomic E-state index is 11.9.